The molecule has 0 aliphatic carbocycles. The predicted octanol–water partition coefficient (Wildman–Crippen LogP) is 0.576. The van der Waals surface area contributed by atoms with E-state index >= 15 is 0 Å². The van der Waals surface area contributed by atoms with Gasteiger partial charge in [0.15, 0.2) is 0 Å². The van der Waals surface area contributed by atoms with Gasteiger partial charge in [0.1, 0.15) is 0 Å². The van der Waals surface area contributed by atoms with E-state index < -0.39 is 22.5 Å². The van der Waals surface area contributed by atoms with E-state index in [1.807, 2.05) is 12.2 Å². The van der Waals surface area contributed by atoms with Gasteiger partial charge >= 0.3 is 40.0 Å². The van der Waals surface area contributed by atoms with Gasteiger partial charge in [-0.25, -0.2) is 4.18 Å². The molecule has 0 saturated carbocycles. The molecule has 0 heterocycles. The number of aliphatic carboxylic acids is 1. The van der Waals surface area contributed by atoms with Crippen LogP contribution in [0.2, 0.25) is 0 Å². The fraction of sp³-hybridized carbons (Fsp3) is 0.833. The minimum Gasteiger partial charge on any atom is -0.550 e. The summed E-state index contributed by atoms with van der Waals surface area (Å²) in [6, 6.07) is 0. The van der Waals surface area contributed by atoms with E-state index in [-0.39, 0.29) is 36.0 Å². The summed E-state index contributed by atoms with van der Waals surface area (Å²) in [5.74, 6) is -0.987. The molecule has 0 aromatic heterocycles. The second-order valence-corrected chi connectivity index (χ2v) is 7.43. The largest absolute Gasteiger partial charge is 1.00 e. The zero-order valence-corrected chi connectivity index (χ0v) is 19.1. The molecule has 0 amide bonds. The second-order valence-electron chi connectivity index (χ2n) is 6.38. The van der Waals surface area contributed by atoms with Gasteiger partial charge in [0.05, 0.1) is 6.10 Å². The SMILES string of the molecule is CCCCCC[C@H](C/C=C/CCCCCCCC(=O)[O-])OS(=O)(=O)O.[Na+]. The van der Waals surface area contributed by atoms with Crippen molar-refractivity contribution in [1.82, 2.24) is 0 Å². The van der Waals surface area contributed by atoms with Gasteiger partial charge in [0, 0.05) is 5.97 Å². The number of carbonyl (C=O) groups is 1. The maximum absolute atomic E-state index is 10.9. The normalized spacial score (nSPS) is 12.8. The van der Waals surface area contributed by atoms with Gasteiger partial charge in [-0.3, -0.25) is 4.55 Å². The molecule has 0 fully saturated rings. The van der Waals surface area contributed by atoms with Crippen molar-refractivity contribution in [1.29, 1.82) is 0 Å². The Balaban J connectivity index is 0. The average molecular weight is 401 g/mol. The number of hydrogen-bond donors (Lipinski definition) is 1. The molecule has 0 aliphatic heterocycles. The third kappa shape index (κ3) is 22.1. The quantitative estimate of drug-likeness (QED) is 0.166. The molecule has 1 atom stereocenters. The number of rotatable bonds is 17. The standard InChI is InChI=1S/C18H34O6S.Na/c1-2-3-4-11-14-17(24-25(21,22)23)15-12-9-7-5-6-8-10-13-16-18(19)20;/h9,12,17H,2-8,10-11,13-16H2,1H3,(H,19,20)(H,21,22,23);/q;+1/p-1/b12-9+;/t17-;/m1./s1. The summed E-state index contributed by atoms with van der Waals surface area (Å²) in [6.45, 7) is 2.11. The number of allylic oxidation sites excluding steroid dienone is 1. The van der Waals surface area contributed by atoms with E-state index in [2.05, 4.69) is 6.92 Å². The summed E-state index contributed by atoms with van der Waals surface area (Å²) in [5, 5.41) is 10.3. The molecule has 0 aromatic rings. The third-order valence-electron chi connectivity index (χ3n) is 3.95. The van der Waals surface area contributed by atoms with Crippen LogP contribution in [-0.2, 0) is 19.4 Å². The molecule has 1 N–H and O–H groups in total. The molecule has 0 aromatic carbocycles. The van der Waals surface area contributed by atoms with Crippen LogP contribution in [0.15, 0.2) is 12.2 Å². The van der Waals surface area contributed by atoms with E-state index in [4.69, 9.17) is 8.74 Å². The van der Waals surface area contributed by atoms with Crippen LogP contribution < -0.4 is 34.7 Å². The zero-order valence-electron chi connectivity index (χ0n) is 16.3. The molecule has 8 heteroatoms. The van der Waals surface area contributed by atoms with Crippen LogP contribution in [0.3, 0.4) is 0 Å². The molecule has 0 rings (SSSR count). The number of carbonyl (C=O) groups excluding carboxylic acids is 1. The van der Waals surface area contributed by atoms with Crippen molar-refractivity contribution in [2.24, 2.45) is 0 Å². The molecule has 0 spiro atoms. The van der Waals surface area contributed by atoms with Crippen molar-refractivity contribution in [2.45, 2.75) is 96.5 Å². The number of unbranched alkanes of at least 4 members (excludes halogenated alkanes) is 8. The van der Waals surface area contributed by atoms with Crippen LogP contribution in [0, 0.1) is 0 Å². The van der Waals surface area contributed by atoms with Crippen LogP contribution in [0.25, 0.3) is 0 Å². The Morgan fingerprint density at radius 2 is 1.65 bits per heavy atom. The summed E-state index contributed by atoms with van der Waals surface area (Å²) in [6.07, 6.45) is 14.3. The van der Waals surface area contributed by atoms with Crippen LogP contribution in [-0.4, -0.2) is 25.0 Å². The smallest absolute Gasteiger partial charge is 0.550 e. The van der Waals surface area contributed by atoms with Crippen molar-refractivity contribution in [3.05, 3.63) is 12.2 Å². The molecule has 0 unspecified atom stereocenters. The summed E-state index contributed by atoms with van der Waals surface area (Å²) in [5.41, 5.74) is 0. The monoisotopic (exact) mass is 400 g/mol. The van der Waals surface area contributed by atoms with Crippen molar-refractivity contribution in [3.8, 4) is 0 Å². The zero-order chi connectivity index (χ0) is 19.0. The Hall–Kier alpha value is 0.0800. The van der Waals surface area contributed by atoms with Crippen LogP contribution in [0.5, 0.6) is 0 Å². The number of carboxylic acid groups (broad SMARTS) is 1. The predicted molar refractivity (Wildman–Crippen MR) is 96.3 cm³/mol. The molecule has 148 valence electrons. The van der Waals surface area contributed by atoms with E-state index in [0.717, 1.165) is 57.8 Å². The first kappa shape index (κ1) is 28.3. The minimum absolute atomic E-state index is 0. The number of hydrogen-bond acceptors (Lipinski definition) is 5. The second kappa shape index (κ2) is 18.4. The number of carboxylic acids is 1. The van der Waals surface area contributed by atoms with Gasteiger partial charge in [-0.15, -0.1) is 0 Å². The van der Waals surface area contributed by atoms with Crippen molar-refractivity contribution >= 4 is 16.4 Å². The molecule has 0 aliphatic rings. The Kier molecular flexibility index (Phi) is 20.1. The summed E-state index contributed by atoms with van der Waals surface area (Å²) in [4.78, 5) is 10.3. The summed E-state index contributed by atoms with van der Waals surface area (Å²) in [7, 11) is -4.41. The van der Waals surface area contributed by atoms with E-state index in [9.17, 15) is 18.3 Å². The van der Waals surface area contributed by atoms with Crippen molar-refractivity contribution in [3.63, 3.8) is 0 Å². The molecule has 0 bridgehead atoms. The Morgan fingerprint density at radius 1 is 1.04 bits per heavy atom. The summed E-state index contributed by atoms with van der Waals surface area (Å²) >= 11 is 0. The maximum Gasteiger partial charge on any atom is 1.00 e. The first-order valence-electron chi connectivity index (χ1n) is 9.35. The first-order chi connectivity index (χ1) is 11.8. The minimum atomic E-state index is -4.41. The van der Waals surface area contributed by atoms with Crippen molar-refractivity contribution in [2.75, 3.05) is 0 Å². The molecular weight excluding hydrogens is 367 g/mol. The topological polar surface area (TPSA) is 104 Å². The van der Waals surface area contributed by atoms with Crippen molar-refractivity contribution < 1.29 is 56.6 Å². The maximum atomic E-state index is 10.9. The van der Waals surface area contributed by atoms with Gasteiger partial charge in [-0.1, -0.05) is 64.0 Å². The van der Waals surface area contributed by atoms with Gasteiger partial charge in [-0.2, -0.15) is 8.42 Å². The molecule has 0 radical (unpaired) electrons. The Morgan fingerprint density at radius 3 is 2.27 bits per heavy atom. The summed E-state index contributed by atoms with van der Waals surface area (Å²) < 4.78 is 35.4. The van der Waals surface area contributed by atoms with Crippen LogP contribution in [0.1, 0.15) is 90.4 Å². The van der Waals surface area contributed by atoms with Gasteiger partial charge in [0.25, 0.3) is 0 Å². The molecule has 0 saturated heterocycles. The van der Waals surface area contributed by atoms with Gasteiger partial charge in [0.2, 0.25) is 0 Å². The van der Waals surface area contributed by atoms with E-state index in [1.54, 1.807) is 0 Å². The van der Waals surface area contributed by atoms with Crippen LogP contribution >= 0.6 is 0 Å². The molecule has 6 nitrogen and oxygen atoms in total. The van der Waals surface area contributed by atoms with Crippen LogP contribution in [0.4, 0.5) is 0 Å². The third-order valence-corrected chi connectivity index (χ3v) is 4.47. The Bertz CT molecular complexity index is 464. The van der Waals surface area contributed by atoms with E-state index in [0.29, 0.717) is 19.3 Å². The van der Waals surface area contributed by atoms with E-state index in [1.165, 1.54) is 0 Å². The average Bonchev–Trinajstić information content (AvgIpc) is 2.51. The fourth-order valence-corrected chi connectivity index (χ4v) is 3.12. The molecule has 26 heavy (non-hydrogen) atoms. The molecular formula is C18H33NaO6S. The van der Waals surface area contributed by atoms with Gasteiger partial charge < -0.3 is 9.90 Å². The Labute approximate surface area is 181 Å². The first-order valence-corrected chi connectivity index (χ1v) is 10.7. The fourth-order valence-electron chi connectivity index (χ4n) is 2.60. The van der Waals surface area contributed by atoms with Gasteiger partial charge in [-0.05, 0) is 38.5 Å².